The number of aromatic nitrogens is 2. The fourth-order valence-electron chi connectivity index (χ4n) is 3.44. The van der Waals surface area contributed by atoms with Crippen LogP contribution < -0.4 is 5.73 Å². The molecule has 2 aliphatic rings. The maximum Gasteiger partial charge on any atom is 0.240 e. The van der Waals surface area contributed by atoms with E-state index >= 15 is 0 Å². The van der Waals surface area contributed by atoms with Crippen LogP contribution in [0.5, 0.6) is 0 Å². The van der Waals surface area contributed by atoms with Crippen molar-refractivity contribution in [2.24, 2.45) is 11.7 Å². The molecule has 0 amide bonds. The Labute approximate surface area is 142 Å². The fraction of sp³-hybridized carbons (Fsp3) is 0.529. The van der Waals surface area contributed by atoms with Crippen molar-refractivity contribution in [2.45, 2.75) is 31.2 Å². The summed E-state index contributed by atoms with van der Waals surface area (Å²) in [6, 6.07) is 10.7. The van der Waals surface area contributed by atoms with Crippen molar-refractivity contribution in [1.29, 1.82) is 0 Å². The molecule has 1 saturated carbocycles. The van der Waals surface area contributed by atoms with Crippen LogP contribution >= 0.6 is 12.4 Å². The van der Waals surface area contributed by atoms with Gasteiger partial charge in [0.05, 0.1) is 6.54 Å². The summed E-state index contributed by atoms with van der Waals surface area (Å²) >= 11 is 0. The lowest BCUT2D eigenvalue weighted by Crippen LogP contribution is -2.23. The Bertz CT molecular complexity index is 629. The van der Waals surface area contributed by atoms with Crippen LogP contribution in [0.15, 0.2) is 34.9 Å². The average Bonchev–Trinajstić information content (AvgIpc) is 3.17. The van der Waals surface area contributed by atoms with Crippen molar-refractivity contribution in [3.8, 4) is 0 Å². The average molecular weight is 335 g/mol. The van der Waals surface area contributed by atoms with Crippen LogP contribution in [0.25, 0.3) is 0 Å². The van der Waals surface area contributed by atoms with Gasteiger partial charge in [0.2, 0.25) is 5.89 Å². The van der Waals surface area contributed by atoms with Gasteiger partial charge >= 0.3 is 0 Å². The second-order valence-electron chi connectivity index (χ2n) is 6.53. The second kappa shape index (κ2) is 6.99. The third-order valence-corrected chi connectivity index (χ3v) is 4.83. The predicted octanol–water partition coefficient (Wildman–Crippen LogP) is 2.54. The molecular weight excluding hydrogens is 312 g/mol. The summed E-state index contributed by atoms with van der Waals surface area (Å²) in [7, 11) is 0. The molecule has 124 valence electrons. The van der Waals surface area contributed by atoms with E-state index in [1.807, 2.05) is 0 Å². The first-order valence-corrected chi connectivity index (χ1v) is 8.13. The van der Waals surface area contributed by atoms with Gasteiger partial charge in [0.25, 0.3) is 0 Å². The first kappa shape index (κ1) is 16.4. The van der Waals surface area contributed by atoms with Gasteiger partial charge in [0, 0.05) is 24.9 Å². The smallest absolute Gasteiger partial charge is 0.240 e. The van der Waals surface area contributed by atoms with Gasteiger partial charge in [-0.05, 0) is 30.9 Å². The Morgan fingerprint density at radius 2 is 1.96 bits per heavy atom. The quantitative estimate of drug-likeness (QED) is 0.910. The van der Waals surface area contributed by atoms with E-state index in [0.29, 0.717) is 24.3 Å². The number of hydrogen-bond donors (Lipinski definition) is 1. The monoisotopic (exact) mass is 334 g/mol. The van der Waals surface area contributed by atoms with E-state index in [2.05, 4.69) is 45.4 Å². The summed E-state index contributed by atoms with van der Waals surface area (Å²) in [6.45, 7) is 3.46. The van der Waals surface area contributed by atoms with Crippen molar-refractivity contribution in [1.82, 2.24) is 15.0 Å². The summed E-state index contributed by atoms with van der Waals surface area (Å²) in [5, 5.41) is 4.10. The Morgan fingerprint density at radius 3 is 2.65 bits per heavy atom. The summed E-state index contributed by atoms with van der Waals surface area (Å²) in [4.78, 5) is 6.92. The zero-order chi connectivity index (χ0) is 14.9. The number of hydrogen-bond acceptors (Lipinski definition) is 5. The van der Waals surface area contributed by atoms with E-state index in [-0.39, 0.29) is 12.4 Å². The SMILES string of the molecule is Cl.NC[C@@H]1CN(Cc2nc(C3CC3)no2)C[C@H]1c1ccccc1. The molecule has 0 unspecified atom stereocenters. The van der Waals surface area contributed by atoms with Gasteiger partial charge in [-0.3, -0.25) is 4.90 Å². The molecule has 5 nitrogen and oxygen atoms in total. The molecule has 0 radical (unpaired) electrons. The third-order valence-electron chi connectivity index (χ3n) is 4.83. The van der Waals surface area contributed by atoms with E-state index in [0.717, 1.165) is 31.3 Å². The molecule has 4 rings (SSSR count). The molecule has 1 aromatic heterocycles. The topological polar surface area (TPSA) is 68.2 Å². The number of nitrogens with two attached hydrogens (primary N) is 1. The molecule has 1 aliphatic heterocycles. The van der Waals surface area contributed by atoms with Gasteiger partial charge in [-0.1, -0.05) is 35.5 Å². The molecule has 2 N–H and O–H groups in total. The van der Waals surface area contributed by atoms with Crippen molar-refractivity contribution < 1.29 is 4.52 Å². The normalized spacial score (nSPS) is 24.6. The van der Waals surface area contributed by atoms with Crippen LogP contribution in [0.2, 0.25) is 0 Å². The molecule has 23 heavy (non-hydrogen) atoms. The number of rotatable bonds is 5. The third kappa shape index (κ3) is 3.57. The lowest BCUT2D eigenvalue weighted by Gasteiger charge is -2.16. The molecule has 2 fully saturated rings. The van der Waals surface area contributed by atoms with Crippen LogP contribution in [0.1, 0.15) is 42.0 Å². The van der Waals surface area contributed by atoms with Gasteiger partial charge < -0.3 is 10.3 Å². The summed E-state index contributed by atoms with van der Waals surface area (Å²) < 4.78 is 5.40. The van der Waals surface area contributed by atoms with E-state index in [1.54, 1.807) is 0 Å². The zero-order valence-electron chi connectivity index (χ0n) is 13.1. The minimum atomic E-state index is 0. The maximum atomic E-state index is 5.99. The standard InChI is InChI=1S/C17H22N4O.ClH/c18-8-14-9-21(10-15(14)12-4-2-1-3-5-12)11-16-19-17(20-22-16)13-6-7-13;/h1-5,13-15H,6-11,18H2;1H/t14-,15+;/m1./s1. The van der Waals surface area contributed by atoms with E-state index in [9.17, 15) is 0 Å². The van der Waals surface area contributed by atoms with E-state index in [4.69, 9.17) is 10.3 Å². The zero-order valence-corrected chi connectivity index (χ0v) is 13.9. The highest BCUT2D eigenvalue weighted by Gasteiger charge is 2.34. The van der Waals surface area contributed by atoms with Crippen molar-refractivity contribution in [3.63, 3.8) is 0 Å². The Balaban J connectivity index is 0.00000156. The second-order valence-corrected chi connectivity index (χ2v) is 6.53. The van der Waals surface area contributed by atoms with Crippen LogP contribution in [-0.2, 0) is 6.54 Å². The largest absolute Gasteiger partial charge is 0.338 e. The highest BCUT2D eigenvalue weighted by molar-refractivity contribution is 5.85. The van der Waals surface area contributed by atoms with Gasteiger partial charge in [0.15, 0.2) is 5.82 Å². The molecule has 2 atom stereocenters. The number of nitrogens with zero attached hydrogens (tertiary/aromatic N) is 3. The van der Waals surface area contributed by atoms with E-state index in [1.165, 1.54) is 18.4 Å². The molecule has 0 bridgehead atoms. The van der Waals surface area contributed by atoms with Gasteiger partial charge in [0.1, 0.15) is 0 Å². The Hall–Kier alpha value is -1.43. The molecule has 2 aromatic rings. The molecule has 6 heteroatoms. The minimum absolute atomic E-state index is 0. The van der Waals surface area contributed by atoms with Crippen molar-refractivity contribution >= 4 is 12.4 Å². The molecular formula is C17H23ClN4O. The van der Waals surface area contributed by atoms with Gasteiger partial charge in [-0.15, -0.1) is 12.4 Å². The molecule has 2 heterocycles. The van der Waals surface area contributed by atoms with Crippen LogP contribution in [0, 0.1) is 5.92 Å². The molecule has 1 aromatic carbocycles. The lowest BCUT2D eigenvalue weighted by molar-refractivity contribution is 0.259. The fourth-order valence-corrected chi connectivity index (χ4v) is 3.44. The van der Waals surface area contributed by atoms with E-state index < -0.39 is 0 Å². The highest BCUT2D eigenvalue weighted by Crippen LogP contribution is 2.38. The van der Waals surface area contributed by atoms with Gasteiger partial charge in [-0.25, -0.2) is 0 Å². The molecule has 1 aliphatic carbocycles. The Kier molecular flexibility index (Phi) is 4.99. The Morgan fingerprint density at radius 1 is 1.17 bits per heavy atom. The molecule has 0 spiro atoms. The van der Waals surface area contributed by atoms with Crippen LogP contribution in [-0.4, -0.2) is 34.7 Å². The minimum Gasteiger partial charge on any atom is -0.338 e. The lowest BCUT2D eigenvalue weighted by atomic mass is 9.89. The first-order chi connectivity index (χ1) is 10.8. The van der Waals surface area contributed by atoms with Crippen LogP contribution in [0.4, 0.5) is 0 Å². The first-order valence-electron chi connectivity index (χ1n) is 8.13. The summed E-state index contributed by atoms with van der Waals surface area (Å²) in [5.41, 5.74) is 7.37. The predicted molar refractivity (Wildman–Crippen MR) is 90.5 cm³/mol. The maximum absolute atomic E-state index is 5.99. The van der Waals surface area contributed by atoms with Crippen molar-refractivity contribution in [3.05, 3.63) is 47.6 Å². The van der Waals surface area contributed by atoms with Crippen molar-refractivity contribution in [2.75, 3.05) is 19.6 Å². The number of halogens is 1. The summed E-state index contributed by atoms with van der Waals surface area (Å²) in [6.07, 6.45) is 2.40. The number of benzene rings is 1. The van der Waals surface area contributed by atoms with Gasteiger partial charge in [-0.2, -0.15) is 4.98 Å². The summed E-state index contributed by atoms with van der Waals surface area (Å²) in [5.74, 6) is 3.17. The highest BCUT2D eigenvalue weighted by atomic mass is 35.5. The van der Waals surface area contributed by atoms with Crippen LogP contribution in [0.3, 0.4) is 0 Å². The number of likely N-dealkylation sites (tertiary alicyclic amines) is 1. The molecule has 1 saturated heterocycles.